The van der Waals surface area contributed by atoms with Crippen LogP contribution >= 0.6 is 0 Å². The van der Waals surface area contributed by atoms with E-state index in [2.05, 4.69) is 13.0 Å². The SMILES string of the molecule is CC1CCN(C(=O)C(N)CCn2cccc2C#N)CC1CCC(=O)O. The summed E-state index contributed by atoms with van der Waals surface area (Å²) in [6, 6.07) is 5.02. The number of aromatic nitrogens is 1. The van der Waals surface area contributed by atoms with Crippen LogP contribution in [0.15, 0.2) is 18.3 Å². The number of aliphatic carboxylic acids is 1. The molecule has 7 nitrogen and oxygen atoms in total. The maximum Gasteiger partial charge on any atom is 0.303 e. The van der Waals surface area contributed by atoms with Crippen LogP contribution in [0.5, 0.6) is 0 Å². The molecule has 0 aromatic carbocycles. The number of carboxylic acid groups (broad SMARTS) is 1. The van der Waals surface area contributed by atoms with Crippen LogP contribution in [-0.2, 0) is 16.1 Å². The predicted molar refractivity (Wildman–Crippen MR) is 92.5 cm³/mol. The Hall–Kier alpha value is -2.33. The number of nitrogens with two attached hydrogens (primary N) is 1. The zero-order chi connectivity index (χ0) is 18.4. The fraction of sp³-hybridized carbons (Fsp3) is 0.611. The van der Waals surface area contributed by atoms with Crippen LogP contribution in [-0.4, -0.2) is 45.6 Å². The summed E-state index contributed by atoms with van der Waals surface area (Å²) in [5, 5.41) is 17.9. The normalized spacial score (nSPS) is 21.6. The maximum atomic E-state index is 12.6. The molecule has 1 aromatic heterocycles. The molecule has 0 saturated carbocycles. The Bertz CT molecular complexity index is 649. The molecule has 1 fully saturated rings. The Morgan fingerprint density at radius 1 is 1.52 bits per heavy atom. The predicted octanol–water partition coefficient (Wildman–Crippen LogP) is 1.43. The number of hydrogen-bond donors (Lipinski definition) is 2. The molecular formula is C18H26N4O3. The van der Waals surface area contributed by atoms with Gasteiger partial charge >= 0.3 is 5.97 Å². The highest BCUT2D eigenvalue weighted by molar-refractivity contribution is 5.81. The lowest BCUT2D eigenvalue weighted by Crippen LogP contribution is -2.50. The summed E-state index contributed by atoms with van der Waals surface area (Å²) in [5.41, 5.74) is 6.63. The summed E-state index contributed by atoms with van der Waals surface area (Å²) >= 11 is 0. The number of carbonyl (C=O) groups excluding carboxylic acids is 1. The van der Waals surface area contributed by atoms with Gasteiger partial charge in [-0.1, -0.05) is 6.92 Å². The van der Waals surface area contributed by atoms with Gasteiger partial charge in [-0.15, -0.1) is 0 Å². The van der Waals surface area contributed by atoms with Gasteiger partial charge in [-0.05, 0) is 43.2 Å². The van der Waals surface area contributed by atoms with Crippen LogP contribution in [0.1, 0.15) is 38.3 Å². The monoisotopic (exact) mass is 346 g/mol. The number of hydrogen-bond acceptors (Lipinski definition) is 4. The lowest BCUT2D eigenvalue weighted by molar-refractivity contribution is -0.137. The summed E-state index contributed by atoms with van der Waals surface area (Å²) < 4.78 is 1.79. The van der Waals surface area contributed by atoms with E-state index in [1.165, 1.54) is 0 Å². The Balaban J connectivity index is 1.88. The highest BCUT2D eigenvalue weighted by atomic mass is 16.4. The standard InChI is InChI=1S/C18H26N4O3/c1-13-6-9-22(12-14(13)4-5-17(23)24)18(25)16(20)7-10-21-8-2-3-15(21)11-19/h2-3,8,13-14,16H,4-7,9-10,12,20H2,1H3,(H,23,24). The van der Waals surface area contributed by atoms with Crippen LogP contribution in [0.4, 0.5) is 0 Å². The van der Waals surface area contributed by atoms with Crippen molar-refractivity contribution in [1.29, 1.82) is 5.26 Å². The minimum absolute atomic E-state index is 0.0853. The number of nitriles is 1. The topological polar surface area (TPSA) is 112 Å². The van der Waals surface area contributed by atoms with E-state index in [-0.39, 0.29) is 18.2 Å². The average molecular weight is 346 g/mol. The summed E-state index contributed by atoms with van der Waals surface area (Å²) in [7, 11) is 0. The number of carboxylic acids is 1. The molecule has 25 heavy (non-hydrogen) atoms. The van der Waals surface area contributed by atoms with E-state index < -0.39 is 12.0 Å². The van der Waals surface area contributed by atoms with Gasteiger partial charge in [-0.25, -0.2) is 0 Å². The highest BCUT2D eigenvalue weighted by Gasteiger charge is 2.31. The van der Waals surface area contributed by atoms with Crippen molar-refractivity contribution < 1.29 is 14.7 Å². The second-order valence-electron chi connectivity index (χ2n) is 6.84. The first kappa shape index (κ1) is 19.0. The van der Waals surface area contributed by atoms with E-state index >= 15 is 0 Å². The Morgan fingerprint density at radius 2 is 2.28 bits per heavy atom. The lowest BCUT2D eigenvalue weighted by Gasteiger charge is -2.38. The van der Waals surface area contributed by atoms with E-state index in [1.807, 2.05) is 0 Å². The molecule has 0 bridgehead atoms. The molecular weight excluding hydrogens is 320 g/mol. The third-order valence-electron chi connectivity index (χ3n) is 5.10. The van der Waals surface area contributed by atoms with Crippen molar-refractivity contribution >= 4 is 11.9 Å². The molecule has 3 unspecified atom stereocenters. The van der Waals surface area contributed by atoms with Crippen LogP contribution < -0.4 is 5.73 Å². The fourth-order valence-corrected chi connectivity index (χ4v) is 3.38. The zero-order valence-electron chi connectivity index (χ0n) is 14.6. The molecule has 1 aromatic rings. The molecule has 1 amide bonds. The van der Waals surface area contributed by atoms with Gasteiger partial charge in [0, 0.05) is 32.3 Å². The summed E-state index contributed by atoms with van der Waals surface area (Å²) in [6.45, 7) is 3.89. The fourth-order valence-electron chi connectivity index (χ4n) is 3.38. The van der Waals surface area contributed by atoms with Gasteiger partial charge < -0.3 is 20.3 Å². The van der Waals surface area contributed by atoms with Crippen LogP contribution in [0.3, 0.4) is 0 Å². The molecule has 0 radical (unpaired) electrons. The van der Waals surface area contributed by atoms with Crippen LogP contribution in [0.25, 0.3) is 0 Å². The van der Waals surface area contributed by atoms with E-state index in [9.17, 15) is 9.59 Å². The van der Waals surface area contributed by atoms with Gasteiger partial charge in [-0.3, -0.25) is 9.59 Å². The highest BCUT2D eigenvalue weighted by Crippen LogP contribution is 2.27. The summed E-state index contributed by atoms with van der Waals surface area (Å²) in [5.74, 6) is -0.265. The largest absolute Gasteiger partial charge is 0.481 e. The minimum atomic E-state index is -0.799. The number of aryl methyl sites for hydroxylation is 1. The maximum absolute atomic E-state index is 12.6. The molecule has 2 rings (SSSR count). The first-order valence-electron chi connectivity index (χ1n) is 8.73. The number of likely N-dealkylation sites (tertiary alicyclic amines) is 1. The molecule has 3 atom stereocenters. The smallest absolute Gasteiger partial charge is 0.303 e. The van der Waals surface area contributed by atoms with Crippen molar-refractivity contribution in [3.05, 3.63) is 24.0 Å². The molecule has 1 aliphatic rings. The van der Waals surface area contributed by atoms with Crippen molar-refractivity contribution in [3.63, 3.8) is 0 Å². The molecule has 3 N–H and O–H groups in total. The molecule has 136 valence electrons. The molecule has 0 spiro atoms. The molecule has 1 aliphatic heterocycles. The van der Waals surface area contributed by atoms with Crippen molar-refractivity contribution in [2.24, 2.45) is 17.6 Å². The van der Waals surface area contributed by atoms with Gasteiger partial charge in [0.15, 0.2) is 0 Å². The van der Waals surface area contributed by atoms with Crippen molar-refractivity contribution in [1.82, 2.24) is 9.47 Å². The molecule has 1 saturated heterocycles. The van der Waals surface area contributed by atoms with Crippen LogP contribution in [0.2, 0.25) is 0 Å². The second kappa shape index (κ2) is 8.67. The van der Waals surface area contributed by atoms with Gasteiger partial charge in [0.2, 0.25) is 5.91 Å². The number of rotatable bonds is 7. The van der Waals surface area contributed by atoms with Crippen LogP contribution in [0, 0.1) is 23.2 Å². The third-order valence-corrected chi connectivity index (χ3v) is 5.10. The third kappa shape index (κ3) is 5.07. The van der Waals surface area contributed by atoms with E-state index in [1.54, 1.807) is 27.8 Å². The number of piperidine rings is 1. The van der Waals surface area contributed by atoms with Crippen molar-refractivity contribution in [2.75, 3.05) is 13.1 Å². The Morgan fingerprint density at radius 3 is 2.96 bits per heavy atom. The molecule has 0 aliphatic carbocycles. The zero-order valence-corrected chi connectivity index (χ0v) is 14.6. The van der Waals surface area contributed by atoms with E-state index in [0.29, 0.717) is 44.1 Å². The number of carbonyl (C=O) groups is 2. The number of amides is 1. The second-order valence-corrected chi connectivity index (χ2v) is 6.84. The minimum Gasteiger partial charge on any atom is -0.481 e. The first-order valence-corrected chi connectivity index (χ1v) is 8.73. The quantitative estimate of drug-likeness (QED) is 0.775. The summed E-state index contributed by atoms with van der Waals surface area (Å²) in [4.78, 5) is 25.2. The van der Waals surface area contributed by atoms with Crippen molar-refractivity contribution in [3.8, 4) is 6.07 Å². The van der Waals surface area contributed by atoms with Gasteiger partial charge in [-0.2, -0.15) is 5.26 Å². The Labute approximate surface area is 148 Å². The summed E-state index contributed by atoms with van der Waals surface area (Å²) in [6.07, 6.45) is 3.87. The molecule has 7 heteroatoms. The molecule has 2 heterocycles. The van der Waals surface area contributed by atoms with Gasteiger partial charge in [0.1, 0.15) is 11.8 Å². The number of nitrogens with zero attached hydrogens (tertiary/aromatic N) is 3. The van der Waals surface area contributed by atoms with E-state index in [4.69, 9.17) is 16.1 Å². The average Bonchev–Trinajstić information content (AvgIpc) is 3.05. The van der Waals surface area contributed by atoms with E-state index in [0.717, 1.165) is 6.42 Å². The Kier molecular flexibility index (Phi) is 6.59. The van der Waals surface area contributed by atoms with Gasteiger partial charge in [0.05, 0.1) is 6.04 Å². The van der Waals surface area contributed by atoms with Gasteiger partial charge in [0.25, 0.3) is 0 Å². The lowest BCUT2D eigenvalue weighted by atomic mass is 9.83. The first-order chi connectivity index (χ1) is 11.9. The van der Waals surface area contributed by atoms with Crippen molar-refractivity contribution in [2.45, 2.75) is 45.2 Å².